The molecule has 4 heteroatoms. The molecule has 0 aliphatic rings. The van der Waals surface area contributed by atoms with Crippen molar-refractivity contribution >= 4 is 27.5 Å². The minimum atomic E-state index is 0.367. The van der Waals surface area contributed by atoms with E-state index in [1.807, 2.05) is 0 Å². The van der Waals surface area contributed by atoms with Gasteiger partial charge in [0.15, 0.2) is 5.15 Å². The van der Waals surface area contributed by atoms with Gasteiger partial charge < -0.3 is 4.52 Å². The highest BCUT2D eigenvalue weighted by Crippen LogP contribution is 2.13. The number of aromatic nitrogens is 1. The Kier molecular flexibility index (Phi) is 1.35. The van der Waals surface area contributed by atoms with Crippen molar-refractivity contribution in [1.82, 2.24) is 5.16 Å². The van der Waals surface area contributed by atoms with Crippen LogP contribution >= 0.6 is 27.5 Å². The molecule has 0 atom stereocenters. The Morgan fingerprint density at radius 2 is 2.57 bits per heavy atom. The highest BCUT2D eigenvalue weighted by Gasteiger charge is 1.92. The maximum absolute atomic E-state index is 5.33. The van der Waals surface area contributed by atoms with Crippen LogP contribution in [-0.4, -0.2) is 5.16 Å². The standard InChI is InChI=1S/C3HBrClNO/c4-2-1-3(5)6-7-2/h1H. The van der Waals surface area contributed by atoms with Gasteiger partial charge in [0.1, 0.15) is 0 Å². The molecule has 1 aromatic rings. The average Bonchev–Trinajstić information content (AvgIpc) is 1.87. The highest BCUT2D eigenvalue weighted by molar-refractivity contribution is 9.10. The molecule has 0 saturated carbocycles. The first-order chi connectivity index (χ1) is 3.29. The molecule has 0 saturated heterocycles. The molecule has 0 aliphatic carbocycles. The molecule has 0 bridgehead atoms. The summed E-state index contributed by atoms with van der Waals surface area (Å²) in [7, 11) is 0. The van der Waals surface area contributed by atoms with Crippen LogP contribution in [0.3, 0.4) is 0 Å². The molecule has 0 unspecified atom stereocenters. The summed E-state index contributed by atoms with van der Waals surface area (Å²) in [6.07, 6.45) is 0. The van der Waals surface area contributed by atoms with Gasteiger partial charge in [-0.3, -0.25) is 0 Å². The Morgan fingerprint density at radius 3 is 2.71 bits per heavy atom. The lowest BCUT2D eigenvalue weighted by atomic mass is 10.8. The monoisotopic (exact) mass is 181 g/mol. The smallest absolute Gasteiger partial charge is 0.203 e. The second-order valence-corrected chi connectivity index (χ2v) is 2.12. The fourth-order valence-corrected chi connectivity index (χ4v) is 0.788. The van der Waals surface area contributed by atoms with E-state index in [4.69, 9.17) is 11.6 Å². The molecule has 1 heterocycles. The second kappa shape index (κ2) is 1.84. The van der Waals surface area contributed by atoms with E-state index in [1.54, 1.807) is 6.07 Å². The lowest BCUT2D eigenvalue weighted by Gasteiger charge is -1.62. The maximum Gasteiger partial charge on any atom is 0.203 e. The number of rotatable bonds is 0. The van der Waals surface area contributed by atoms with Crippen LogP contribution in [0.5, 0.6) is 0 Å². The van der Waals surface area contributed by atoms with Crippen LogP contribution in [0, 0.1) is 0 Å². The van der Waals surface area contributed by atoms with Crippen LogP contribution in [-0.2, 0) is 0 Å². The van der Waals surface area contributed by atoms with E-state index in [2.05, 4.69) is 25.6 Å². The van der Waals surface area contributed by atoms with Crippen molar-refractivity contribution in [2.24, 2.45) is 0 Å². The van der Waals surface area contributed by atoms with E-state index in [0.717, 1.165) is 0 Å². The van der Waals surface area contributed by atoms with Gasteiger partial charge in [0.05, 0.1) is 0 Å². The van der Waals surface area contributed by atoms with Crippen LogP contribution < -0.4 is 0 Å². The second-order valence-electron chi connectivity index (χ2n) is 0.954. The van der Waals surface area contributed by atoms with Gasteiger partial charge >= 0.3 is 0 Å². The fraction of sp³-hybridized carbons (Fsp3) is 0. The molecule has 7 heavy (non-hydrogen) atoms. The molecular weight excluding hydrogens is 181 g/mol. The summed E-state index contributed by atoms with van der Waals surface area (Å²) in [5.74, 6) is 0. The Hall–Kier alpha value is -0.0200. The molecule has 0 spiro atoms. The van der Waals surface area contributed by atoms with Crippen molar-refractivity contribution in [2.75, 3.05) is 0 Å². The number of hydrogen-bond donors (Lipinski definition) is 0. The SMILES string of the molecule is Clc1cc(Br)on1. The summed E-state index contributed by atoms with van der Waals surface area (Å²) in [6.45, 7) is 0. The van der Waals surface area contributed by atoms with Crippen LogP contribution in [0.15, 0.2) is 15.3 Å². The molecule has 1 aromatic heterocycles. The van der Waals surface area contributed by atoms with E-state index >= 15 is 0 Å². The molecule has 0 fully saturated rings. The average molecular weight is 182 g/mol. The number of nitrogens with zero attached hydrogens (tertiary/aromatic N) is 1. The minimum absolute atomic E-state index is 0.367. The minimum Gasteiger partial charge on any atom is -0.348 e. The van der Waals surface area contributed by atoms with E-state index in [-0.39, 0.29) is 0 Å². The normalized spacial score (nSPS) is 9.43. The topological polar surface area (TPSA) is 26.0 Å². The van der Waals surface area contributed by atoms with Crippen LogP contribution in [0.2, 0.25) is 5.15 Å². The zero-order valence-corrected chi connectivity index (χ0v) is 5.53. The Bertz CT molecular complexity index is 147. The van der Waals surface area contributed by atoms with Crippen molar-refractivity contribution in [2.45, 2.75) is 0 Å². The lowest BCUT2D eigenvalue weighted by Crippen LogP contribution is -1.49. The van der Waals surface area contributed by atoms with Crippen LogP contribution in [0.4, 0.5) is 0 Å². The summed E-state index contributed by atoms with van der Waals surface area (Å²) < 4.78 is 5.05. The van der Waals surface area contributed by atoms with Gasteiger partial charge in [0.25, 0.3) is 0 Å². The van der Waals surface area contributed by atoms with Gasteiger partial charge in [-0.2, -0.15) is 0 Å². The van der Waals surface area contributed by atoms with Gasteiger partial charge in [-0.25, -0.2) is 0 Å². The molecular formula is C3HBrClNO. The van der Waals surface area contributed by atoms with Crippen molar-refractivity contribution in [3.63, 3.8) is 0 Å². The zero-order chi connectivity index (χ0) is 5.28. The molecule has 2 nitrogen and oxygen atoms in total. The zero-order valence-electron chi connectivity index (χ0n) is 3.19. The van der Waals surface area contributed by atoms with Crippen molar-refractivity contribution in [3.8, 4) is 0 Å². The van der Waals surface area contributed by atoms with Crippen LogP contribution in [0.25, 0.3) is 0 Å². The predicted octanol–water partition coefficient (Wildman–Crippen LogP) is 2.09. The van der Waals surface area contributed by atoms with E-state index in [0.29, 0.717) is 9.82 Å². The molecule has 0 N–H and O–H groups in total. The molecule has 0 amide bonds. The van der Waals surface area contributed by atoms with E-state index in [1.165, 1.54) is 0 Å². The number of hydrogen-bond acceptors (Lipinski definition) is 2. The van der Waals surface area contributed by atoms with E-state index < -0.39 is 0 Å². The Morgan fingerprint density at radius 1 is 1.86 bits per heavy atom. The first-order valence-corrected chi connectivity index (χ1v) is 2.74. The molecule has 38 valence electrons. The van der Waals surface area contributed by atoms with Gasteiger partial charge in [0.2, 0.25) is 4.67 Å². The Labute approximate surface area is 53.6 Å². The molecule has 1 rings (SSSR count). The van der Waals surface area contributed by atoms with Gasteiger partial charge in [-0.15, -0.1) is 0 Å². The highest BCUT2D eigenvalue weighted by atomic mass is 79.9. The third-order valence-electron chi connectivity index (χ3n) is 0.453. The number of halogens is 2. The fourth-order valence-electron chi connectivity index (χ4n) is 0.234. The van der Waals surface area contributed by atoms with Gasteiger partial charge in [-0.05, 0) is 15.9 Å². The molecule has 0 aromatic carbocycles. The van der Waals surface area contributed by atoms with E-state index in [9.17, 15) is 0 Å². The first kappa shape index (κ1) is 5.12. The summed E-state index contributed by atoms with van der Waals surface area (Å²) in [5, 5.41) is 3.73. The van der Waals surface area contributed by atoms with Crippen molar-refractivity contribution in [3.05, 3.63) is 15.9 Å². The third-order valence-corrected chi connectivity index (χ3v) is 1.00. The maximum atomic E-state index is 5.33. The summed E-state index contributed by atoms with van der Waals surface area (Å²) in [6, 6.07) is 1.57. The van der Waals surface area contributed by atoms with Crippen molar-refractivity contribution < 1.29 is 4.52 Å². The van der Waals surface area contributed by atoms with Gasteiger partial charge in [-0.1, -0.05) is 16.8 Å². The predicted molar refractivity (Wildman–Crippen MR) is 29.2 cm³/mol. The largest absolute Gasteiger partial charge is 0.348 e. The molecule has 0 aliphatic heterocycles. The summed E-state index contributed by atoms with van der Waals surface area (Å²) >= 11 is 8.34. The van der Waals surface area contributed by atoms with Crippen molar-refractivity contribution in [1.29, 1.82) is 0 Å². The Balaban J connectivity index is 3.04. The van der Waals surface area contributed by atoms with Crippen LogP contribution in [0.1, 0.15) is 0 Å². The third kappa shape index (κ3) is 1.17. The molecule has 0 radical (unpaired) electrons. The summed E-state index contributed by atoms with van der Waals surface area (Å²) in [4.78, 5) is 0. The first-order valence-electron chi connectivity index (χ1n) is 1.57. The van der Waals surface area contributed by atoms with Gasteiger partial charge in [0, 0.05) is 6.07 Å². The quantitative estimate of drug-likeness (QED) is 0.614. The lowest BCUT2D eigenvalue weighted by molar-refractivity contribution is 0.400. The summed E-state index contributed by atoms with van der Waals surface area (Å²) in [5.41, 5.74) is 0.